The molecule has 0 radical (unpaired) electrons. The standard InChI is InChI=1S/C18H29N/c1-14-5-4-6-17(10-14)7-8-19-13-18-11-15(2)9-16(3)12-18/h9,11-12,14,17,19H,4-8,10,13H2,1-3H3. The van der Waals surface area contributed by atoms with Gasteiger partial charge < -0.3 is 5.32 Å². The molecule has 1 heteroatoms. The molecule has 1 aromatic carbocycles. The summed E-state index contributed by atoms with van der Waals surface area (Å²) >= 11 is 0. The van der Waals surface area contributed by atoms with Crippen LogP contribution in [0.15, 0.2) is 18.2 Å². The van der Waals surface area contributed by atoms with Gasteiger partial charge in [0.2, 0.25) is 0 Å². The minimum absolute atomic E-state index is 0.957. The molecule has 1 aromatic rings. The summed E-state index contributed by atoms with van der Waals surface area (Å²) in [6.45, 7) is 8.96. The lowest BCUT2D eigenvalue weighted by Gasteiger charge is -2.26. The maximum Gasteiger partial charge on any atom is 0.0205 e. The third kappa shape index (κ3) is 4.99. The summed E-state index contributed by atoms with van der Waals surface area (Å²) in [5.41, 5.74) is 4.17. The fourth-order valence-electron chi connectivity index (χ4n) is 3.53. The molecule has 1 nitrogen and oxygen atoms in total. The number of rotatable bonds is 5. The van der Waals surface area contributed by atoms with E-state index in [1.54, 1.807) is 0 Å². The molecule has 2 unspecified atom stereocenters. The van der Waals surface area contributed by atoms with Gasteiger partial charge in [0.05, 0.1) is 0 Å². The smallest absolute Gasteiger partial charge is 0.0205 e. The second-order valence-corrected chi connectivity index (χ2v) is 6.60. The predicted molar refractivity (Wildman–Crippen MR) is 83.4 cm³/mol. The lowest BCUT2D eigenvalue weighted by Crippen LogP contribution is -2.21. The van der Waals surface area contributed by atoms with Crippen molar-refractivity contribution in [2.75, 3.05) is 6.54 Å². The van der Waals surface area contributed by atoms with Gasteiger partial charge in [0.25, 0.3) is 0 Å². The third-order valence-corrected chi connectivity index (χ3v) is 4.38. The van der Waals surface area contributed by atoms with Crippen LogP contribution in [0.5, 0.6) is 0 Å². The van der Waals surface area contributed by atoms with Crippen molar-refractivity contribution < 1.29 is 0 Å². The average molecular weight is 259 g/mol. The lowest BCUT2D eigenvalue weighted by molar-refractivity contribution is 0.267. The highest BCUT2D eigenvalue weighted by Crippen LogP contribution is 2.30. The Hall–Kier alpha value is -0.820. The van der Waals surface area contributed by atoms with Gasteiger partial charge in [-0.25, -0.2) is 0 Å². The highest BCUT2D eigenvalue weighted by Gasteiger charge is 2.17. The molecule has 2 atom stereocenters. The number of hydrogen-bond donors (Lipinski definition) is 1. The van der Waals surface area contributed by atoms with Gasteiger partial charge in [-0.05, 0) is 50.6 Å². The molecule has 1 N–H and O–H groups in total. The van der Waals surface area contributed by atoms with Gasteiger partial charge in [0.15, 0.2) is 0 Å². The largest absolute Gasteiger partial charge is 0.313 e. The first-order chi connectivity index (χ1) is 9.13. The van der Waals surface area contributed by atoms with Gasteiger partial charge in [-0.2, -0.15) is 0 Å². The summed E-state index contributed by atoms with van der Waals surface area (Å²) in [5, 5.41) is 3.62. The first kappa shape index (κ1) is 14.6. The summed E-state index contributed by atoms with van der Waals surface area (Å²) < 4.78 is 0. The minimum Gasteiger partial charge on any atom is -0.313 e. The molecule has 0 spiro atoms. The van der Waals surface area contributed by atoms with Crippen molar-refractivity contribution in [2.24, 2.45) is 11.8 Å². The molecule has 0 heterocycles. The van der Waals surface area contributed by atoms with Gasteiger partial charge in [-0.1, -0.05) is 55.5 Å². The lowest BCUT2D eigenvalue weighted by atomic mass is 9.81. The van der Waals surface area contributed by atoms with Crippen LogP contribution in [0.1, 0.15) is 55.7 Å². The van der Waals surface area contributed by atoms with Crippen LogP contribution in [0.3, 0.4) is 0 Å². The number of nitrogens with one attached hydrogen (secondary N) is 1. The second-order valence-electron chi connectivity index (χ2n) is 6.60. The van der Waals surface area contributed by atoms with Crippen LogP contribution < -0.4 is 5.32 Å². The Morgan fingerprint density at radius 2 is 1.84 bits per heavy atom. The normalized spacial score (nSPS) is 23.5. The Morgan fingerprint density at radius 1 is 1.11 bits per heavy atom. The number of aryl methyl sites for hydroxylation is 2. The van der Waals surface area contributed by atoms with E-state index in [4.69, 9.17) is 0 Å². The molecular weight excluding hydrogens is 230 g/mol. The Kier molecular flexibility index (Phi) is 5.45. The van der Waals surface area contributed by atoms with E-state index in [2.05, 4.69) is 44.3 Å². The highest BCUT2D eigenvalue weighted by atomic mass is 14.8. The molecule has 0 saturated heterocycles. The Labute approximate surface area is 118 Å². The zero-order chi connectivity index (χ0) is 13.7. The van der Waals surface area contributed by atoms with Crippen LogP contribution in [0.2, 0.25) is 0 Å². The molecule has 0 aromatic heterocycles. The summed E-state index contributed by atoms with van der Waals surface area (Å²) in [6.07, 6.45) is 7.16. The van der Waals surface area contributed by atoms with E-state index in [9.17, 15) is 0 Å². The molecule has 1 saturated carbocycles. The monoisotopic (exact) mass is 259 g/mol. The van der Waals surface area contributed by atoms with Crippen LogP contribution >= 0.6 is 0 Å². The molecule has 106 valence electrons. The SMILES string of the molecule is Cc1cc(C)cc(CNCCC2CCCC(C)C2)c1. The molecule has 1 fully saturated rings. The van der Waals surface area contributed by atoms with Crippen molar-refractivity contribution in [3.05, 3.63) is 34.9 Å². The van der Waals surface area contributed by atoms with Crippen LogP contribution in [-0.2, 0) is 6.54 Å². The van der Waals surface area contributed by atoms with E-state index in [1.807, 2.05) is 0 Å². The zero-order valence-corrected chi connectivity index (χ0v) is 12.8. The molecule has 19 heavy (non-hydrogen) atoms. The maximum absolute atomic E-state index is 3.62. The van der Waals surface area contributed by atoms with E-state index < -0.39 is 0 Å². The first-order valence-electron chi connectivity index (χ1n) is 7.91. The molecule has 0 aliphatic heterocycles. The van der Waals surface area contributed by atoms with E-state index in [0.717, 1.165) is 18.4 Å². The topological polar surface area (TPSA) is 12.0 Å². The summed E-state index contributed by atoms with van der Waals surface area (Å²) in [4.78, 5) is 0. The minimum atomic E-state index is 0.957. The van der Waals surface area contributed by atoms with Crippen molar-refractivity contribution >= 4 is 0 Å². The highest BCUT2D eigenvalue weighted by molar-refractivity contribution is 5.28. The Morgan fingerprint density at radius 3 is 2.53 bits per heavy atom. The fraction of sp³-hybridized carbons (Fsp3) is 0.667. The quantitative estimate of drug-likeness (QED) is 0.761. The van der Waals surface area contributed by atoms with Gasteiger partial charge in [0.1, 0.15) is 0 Å². The fourth-order valence-corrected chi connectivity index (χ4v) is 3.53. The van der Waals surface area contributed by atoms with Crippen molar-refractivity contribution in [2.45, 2.75) is 59.4 Å². The third-order valence-electron chi connectivity index (χ3n) is 4.38. The van der Waals surface area contributed by atoms with Crippen molar-refractivity contribution in [3.63, 3.8) is 0 Å². The molecule has 1 aliphatic carbocycles. The van der Waals surface area contributed by atoms with Gasteiger partial charge in [-0.15, -0.1) is 0 Å². The Balaban J connectivity index is 1.68. The van der Waals surface area contributed by atoms with E-state index in [1.165, 1.54) is 55.3 Å². The van der Waals surface area contributed by atoms with Gasteiger partial charge >= 0.3 is 0 Å². The summed E-state index contributed by atoms with van der Waals surface area (Å²) in [7, 11) is 0. The van der Waals surface area contributed by atoms with Gasteiger partial charge in [-0.3, -0.25) is 0 Å². The average Bonchev–Trinajstić information content (AvgIpc) is 2.34. The van der Waals surface area contributed by atoms with Gasteiger partial charge in [0, 0.05) is 6.54 Å². The first-order valence-corrected chi connectivity index (χ1v) is 7.91. The number of benzene rings is 1. The summed E-state index contributed by atoms with van der Waals surface area (Å²) in [6, 6.07) is 6.83. The maximum atomic E-state index is 3.62. The van der Waals surface area contributed by atoms with E-state index in [-0.39, 0.29) is 0 Å². The predicted octanol–water partition coefficient (Wildman–Crippen LogP) is 4.61. The van der Waals surface area contributed by atoms with Crippen molar-refractivity contribution in [3.8, 4) is 0 Å². The molecular formula is C18H29N. The van der Waals surface area contributed by atoms with Crippen molar-refractivity contribution in [1.82, 2.24) is 5.32 Å². The van der Waals surface area contributed by atoms with Crippen molar-refractivity contribution in [1.29, 1.82) is 0 Å². The molecule has 1 aliphatic rings. The molecule has 0 amide bonds. The van der Waals surface area contributed by atoms with Crippen LogP contribution in [-0.4, -0.2) is 6.54 Å². The second kappa shape index (κ2) is 7.09. The summed E-state index contributed by atoms with van der Waals surface area (Å²) in [5.74, 6) is 1.92. The van der Waals surface area contributed by atoms with E-state index >= 15 is 0 Å². The zero-order valence-electron chi connectivity index (χ0n) is 12.8. The number of hydrogen-bond acceptors (Lipinski definition) is 1. The molecule has 0 bridgehead atoms. The Bertz CT molecular complexity index is 376. The van der Waals surface area contributed by atoms with Crippen LogP contribution in [0.25, 0.3) is 0 Å². The van der Waals surface area contributed by atoms with Crippen LogP contribution in [0.4, 0.5) is 0 Å². The molecule has 2 rings (SSSR count). The van der Waals surface area contributed by atoms with E-state index in [0.29, 0.717) is 0 Å². The van der Waals surface area contributed by atoms with Crippen LogP contribution in [0, 0.1) is 25.7 Å².